The fourth-order valence-corrected chi connectivity index (χ4v) is 2.17. The van der Waals surface area contributed by atoms with Gasteiger partial charge in [-0.25, -0.2) is 0 Å². The molecule has 1 saturated heterocycles. The maximum Gasteiger partial charge on any atom is 0.253 e. The molecular formula is C11H11Cl2NO2. The van der Waals surface area contributed by atoms with Crippen LogP contribution in [-0.2, 0) is 0 Å². The number of nitrogens with zero attached hydrogens (tertiary/aromatic N) is 1. The number of amides is 1. The van der Waals surface area contributed by atoms with Crippen LogP contribution >= 0.6 is 23.2 Å². The van der Waals surface area contributed by atoms with E-state index in [0.717, 1.165) is 6.42 Å². The molecule has 86 valence electrons. The second-order valence-corrected chi connectivity index (χ2v) is 4.83. The molecule has 0 saturated carbocycles. The molecule has 1 aromatic carbocycles. The summed E-state index contributed by atoms with van der Waals surface area (Å²) >= 11 is 11.7. The molecule has 3 nitrogen and oxygen atoms in total. The Bertz CT molecular complexity index is 422. The molecule has 16 heavy (non-hydrogen) atoms. The van der Waals surface area contributed by atoms with Crippen LogP contribution in [0.15, 0.2) is 18.2 Å². The first-order valence-corrected chi connectivity index (χ1v) is 5.81. The van der Waals surface area contributed by atoms with Gasteiger partial charge in [-0.2, -0.15) is 0 Å². The number of hydrogen-bond acceptors (Lipinski definition) is 2. The van der Waals surface area contributed by atoms with Crippen LogP contribution < -0.4 is 0 Å². The lowest BCUT2D eigenvalue weighted by atomic mass is 10.2. The van der Waals surface area contributed by atoms with Crippen LogP contribution in [0.3, 0.4) is 0 Å². The molecule has 5 heteroatoms. The van der Waals surface area contributed by atoms with Gasteiger partial charge in [0.1, 0.15) is 5.75 Å². The highest BCUT2D eigenvalue weighted by Gasteiger charge is 2.25. The Labute approximate surface area is 104 Å². The molecule has 1 aliphatic rings. The zero-order valence-electron chi connectivity index (χ0n) is 8.49. The molecule has 1 N–H and O–H groups in total. The first-order chi connectivity index (χ1) is 7.58. The van der Waals surface area contributed by atoms with Gasteiger partial charge in [0.15, 0.2) is 0 Å². The van der Waals surface area contributed by atoms with Crippen molar-refractivity contribution < 1.29 is 9.90 Å². The van der Waals surface area contributed by atoms with Crippen molar-refractivity contribution in [3.63, 3.8) is 0 Å². The number of phenolic OH excluding ortho intramolecular Hbond substituents is 1. The van der Waals surface area contributed by atoms with Crippen LogP contribution in [0.2, 0.25) is 5.02 Å². The minimum absolute atomic E-state index is 0.0186. The highest BCUT2D eigenvalue weighted by molar-refractivity contribution is 6.32. The number of carbonyl (C=O) groups is 1. The van der Waals surface area contributed by atoms with Gasteiger partial charge in [-0.3, -0.25) is 4.79 Å². The van der Waals surface area contributed by atoms with Crippen LogP contribution in [0.25, 0.3) is 0 Å². The SMILES string of the molecule is O=C(c1ccc(O)c(Cl)c1)N1CCC(Cl)C1. The molecule has 2 rings (SSSR count). The number of carbonyl (C=O) groups excluding carboxylic acids is 1. The highest BCUT2D eigenvalue weighted by atomic mass is 35.5. The third kappa shape index (κ3) is 2.25. The first kappa shape index (κ1) is 11.6. The molecule has 1 unspecified atom stereocenters. The smallest absolute Gasteiger partial charge is 0.253 e. The second kappa shape index (κ2) is 4.52. The van der Waals surface area contributed by atoms with Gasteiger partial charge in [-0.15, -0.1) is 11.6 Å². The van der Waals surface area contributed by atoms with Crippen molar-refractivity contribution >= 4 is 29.1 Å². The lowest BCUT2D eigenvalue weighted by Crippen LogP contribution is -2.28. The Morgan fingerprint density at radius 2 is 2.25 bits per heavy atom. The van der Waals surface area contributed by atoms with Gasteiger partial charge in [-0.05, 0) is 24.6 Å². The predicted molar refractivity (Wildman–Crippen MR) is 63.3 cm³/mol. The highest BCUT2D eigenvalue weighted by Crippen LogP contribution is 2.25. The van der Waals surface area contributed by atoms with Crippen molar-refractivity contribution in [3.8, 4) is 5.75 Å². The van der Waals surface area contributed by atoms with Crippen LogP contribution in [0.1, 0.15) is 16.8 Å². The van der Waals surface area contributed by atoms with E-state index in [1.807, 2.05) is 0 Å². The van der Waals surface area contributed by atoms with Gasteiger partial charge in [0, 0.05) is 18.7 Å². The largest absolute Gasteiger partial charge is 0.506 e. The Morgan fingerprint density at radius 1 is 1.50 bits per heavy atom. The van der Waals surface area contributed by atoms with Crippen LogP contribution in [-0.4, -0.2) is 34.4 Å². The molecule has 0 aliphatic carbocycles. The first-order valence-electron chi connectivity index (χ1n) is 5.00. The minimum atomic E-state index is -0.0925. The van der Waals surface area contributed by atoms with Crippen molar-refractivity contribution in [2.75, 3.05) is 13.1 Å². The topological polar surface area (TPSA) is 40.5 Å². The number of halogens is 2. The van der Waals surface area contributed by atoms with Crippen LogP contribution in [0.5, 0.6) is 5.75 Å². The third-order valence-electron chi connectivity index (χ3n) is 2.61. The van der Waals surface area contributed by atoms with Gasteiger partial charge < -0.3 is 10.0 Å². The summed E-state index contributed by atoms with van der Waals surface area (Å²) in [4.78, 5) is 13.7. The number of rotatable bonds is 1. The van der Waals surface area contributed by atoms with Gasteiger partial charge >= 0.3 is 0 Å². The van der Waals surface area contributed by atoms with Gasteiger partial charge in [0.2, 0.25) is 0 Å². The van der Waals surface area contributed by atoms with Gasteiger partial charge in [0.25, 0.3) is 5.91 Å². The van der Waals surface area contributed by atoms with E-state index in [0.29, 0.717) is 18.7 Å². The fraction of sp³-hybridized carbons (Fsp3) is 0.364. The van der Waals surface area contributed by atoms with E-state index in [1.54, 1.807) is 11.0 Å². The Hall–Kier alpha value is -0.930. The zero-order chi connectivity index (χ0) is 11.7. The Morgan fingerprint density at radius 3 is 2.81 bits per heavy atom. The fourth-order valence-electron chi connectivity index (χ4n) is 1.72. The summed E-state index contributed by atoms with van der Waals surface area (Å²) in [5, 5.41) is 9.48. The van der Waals surface area contributed by atoms with Crippen molar-refractivity contribution in [2.24, 2.45) is 0 Å². The van der Waals surface area contributed by atoms with Gasteiger partial charge in [0.05, 0.1) is 10.4 Å². The summed E-state index contributed by atoms with van der Waals surface area (Å²) in [6.07, 6.45) is 0.819. The average Bonchev–Trinajstić information content (AvgIpc) is 2.68. The van der Waals surface area contributed by atoms with E-state index in [-0.39, 0.29) is 22.1 Å². The molecule has 1 amide bonds. The van der Waals surface area contributed by atoms with E-state index >= 15 is 0 Å². The summed E-state index contributed by atoms with van der Waals surface area (Å²) in [6.45, 7) is 1.24. The van der Waals surface area contributed by atoms with Crippen molar-refractivity contribution in [2.45, 2.75) is 11.8 Å². The number of hydrogen-bond donors (Lipinski definition) is 1. The van der Waals surface area contributed by atoms with E-state index in [4.69, 9.17) is 23.2 Å². The number of alkyl halides is 1. The molecule has 1 aliphatic heterocycles. The number of phenols is 1. The molecule has 0 aromatic heterocycles. The van der Waals surface area contributed by atoms with E-state index < -0.39 is 0 Å². The van der Waals surface area contributed by atoms with Crippen molar-refractivity contribution in [3.05, 3.63) is 28.8 Å². The molecule has 0 radical (unpaired) electrons. The van der Waals surface area contributed by atoms with E-state index in [1.165, 1.54) is 12.1 Å². The average molecular weight is 260 g/mol. The summed E-state index contributed by atoms with van der Waals surface area (Å²) in [6, 6.07) is 4.45. The lowest BCUT2D eigenvalue weighted by molar-refractivity contribution is 0.0793. The Balaban J connectivity index is 2.18. The number of benzene rings is 1. The lowest BCUT2D eigenvalue weighted by Gasteiger charge is -2.15. The molecular weight excluding hydrogens is 249 g/mol. The molecule has 1 aromatic rings. The zero-order valence-corrected chi connectivity index (χ0v) is 10.0. The van der Waals surface area contributed by atoms with Crippen molar-refractivity contribution in [1.82, 2.24) is 4.90 Å². The Kier molecular flexibility index (Phi) is 3.26. The molecule has 1 heterocycles. The number of aromatic hydroxyl groups is 1. The molecule has 1 fully saturated rings. The molecule has 0 spiro atoms. The normalized spacial score (nSPS) is 20.1. The quantitative estimate of drug-likeness (QED) is 0.788. The third-order valence-corrected chi connectivity index (χ3v) is 3.27. The minimum Gasteiger partial charge on any atom is -0.506 e. The maximum atomic E-state index is 12.0. The monoisotopic (exact) mass is 259 g/mol. The maximum absolute atomic E-state index is 12.0. The van der Waals surface area contributed by atoms with Crippen molar-refractivity contribution in [1.29, 1.82) is 0 Å². The van der Waals surface area contributed by atoms with Crippen LogP contribution in [0.4, 0.5) is 0 Å². The van der Waals surface area contributed by atoms with E-state index in [9.17, 15) is 9.90 Å². The predicted octanol–water partition coefficient (Wildman–Crippen LogP) is 2.50. The summed E-state index contributed by atoms with van der Waals surface area (Å²) in [5.41, 5.74) is 0.480. The van der Waals surface area contributed by atoms with E-state index in [2.05, 4.69) is 0 Å². The standard InChI is InChI=1S/C11H11Cl2NO2/c12-8-3-4-14(6-8)11(16)7-1-2-10(15)9(13)5-7/h1-2,5,8,15H,3-4,6H2. The summed E-state index contributed by atoms with van der Waals surface area (Å²) < 4.78 is 0. The summed E-state index contributed by atoms with van der Waals surface area (Å²) in [7, 11) is 0. The molecule has 1 atom stereocenters. The second-order valence-electron chi connectivity index (χ2n) is 3.80. The van der Waals surface area contributed by atoms with Gasteiger partial charge in [-0.1, -0.05) is 11.6 Å². The molecule has 0 bridgehead atoms. The summed E-state index contributed by atoms with van der Waals surface area (Å²) in [5.74, 6) is -0.111. The number of likely N-dealkylation sites (tertiary alicyclic amines) is 1. The van der Waals surface area contributed by atoms with Crippen LogP contribution in [0, 0.1) is 0 Å².